The lowest BCUT2D eigenvalue weighted by molar-refractivity contribution is -0.148. The van der Waals surface area contributed by atoms with E-state index in [1.807, 2.05) is 37.3 Å². The Morgan fingerprint density at radius 1 is 1.00 bits per heavy atom. The number of hydrogen-bond acceptors (Lipinski definition) is 13. The lowest BCUT2D eigenvalue weighted by Crippen LogP contribution is -2.44. The summed E-state index contributed by atoms with van der Waals surface area (Å²) in [4.78, 5) is 32.8. The van der Waals surface area contributed by atoms with Crippen molar-refractivity contribution in [2.24, 2.45) is 0 Å². The number of piperidine rings is 1. The summed E-state index contributed by atoms with van der Waals surface area (Å²) in [6.45, 7) is 7.26. The number of methoxy groups -OCH3 is 1. The number of carbonyl (C=O) groups is 2. The zero-order valence-corrected chi connectivity index (χ0v) is 36.7. The molecule has 0 saturated carbocycles. The van der Waals surface area contributed by atoms with Gasteiger partial charge in [0.05, 0.1) is 22.6 Å². The number of sulfone groups is 1. The number of carbonyl (C=O) groups excluding carboxylic acids is 2. The van der Waals surface area contributed by atoms with E-state index in [-0.39, 0.29) is 42.4 Å². The highest BCUT2D eigenvalue weighted by Gasteiger charge is 2.37. The molecule has 3 aromatic carbocycles. The molecule has 2 fully saturated rings. The van der Waals surface area contributed by atoms with Crippen molar-refractivity contribution < 1.29 is 46.8 Å². The topological polar surface area (TPSA) is 154 Å². The number of hydrogen-bond donors (Lipinski definition) is 1. The highest BCUT2D eigenvalue weighted by atomic mass is 35.5. The van der Waals surface area contributed by atoms with Gasteiger partial charge in [0.2, 0.25) is 0 Å². The van der Waals surface area contributed by atoms with Gasteiger partial charge in [-0.05, 0) is 86.2 Å². The molecule has 1 aromatic heterocycles. The highest BCUT2D eigenvalue weighted by Crippen LogP contribution is 2.39. The molecule has 3 aliphatic heterocycles. The van der Waals surface area contributed by atoms with E-state index in [9.17, 15) is 23.1 Å². The number of likely N-dealkylation sites (tertiary alicyclic amines) is 2. The van der Waals surface area contributed by atoms with Crippen LogP contribution < -0.4 is 18.9 Å². The Balaban J connectivity index is 1.06. The first kappa shape index (κ1) is 44.3. The lowest BCUT2D eigenvalue weighted by Gasteiger charge is -2.34. The molecule has 3 aliphatic rings. The van der Waals surface area contributed by atoms with Crippen molar-refractivity contribution in [2.75, 3.05) is 46.2 Å². The lowest BCUT2D eigenvalue weighted by atomic mass is 9.96. The van der Waals surface area contributed by atoms with Crippen LogP contribution >= 0.6 is 11.6 Å². The van der Waals surface area contributed by atoms with Gasteiger partial charge in [-0.2, -0.15) is 0 Å². The third-order valence-electron chi connectivity index (χ3n) is 11.7. The normalized spacial score (nSPS) is 20.6. The van der Waals surface area contributed by atoms with Crippen LogP contribution in [0, 0.1) is 6.92 Å². The number of β-amino-alcohol motifs (C(OH)–C–C–N with tert-alkyl or cyclic N) is 1. The molecule has 7 rings (SSSR count). The summed E-state index contributed by atoms with van der Waals surface area (Å²) >= 11 is 6.92. The predicted octanol–water partition coefficient (Wildman–Crippen LogP) is 6.75. The van der Waals surface area contributed by atoms with Gasteiger partial charge in [0.15, 0.2) is 21.3 Å². The molecular weight excluding hydrogens is 822 g/mol. The first-order valence-corrected chi connectivity index (χ1v) is 23.0. The Hall–Kier alpha value is -4.73. The molecule has 4 aromatic rings. The molecule has 326 valence electrons. The van der Waals surface area contributed by atoms with Crippen LogP contribution in [0.1, 0.15) is 67.7 Å². The van der Waals surface area contributed by atoms with Crippen molar-refractivity contribution in [3.63, 3.8) is 0 Å². The minimum absolute atomic E-state index is 0.00222. The molecule has 1 N–H and O–H groups in total. The summed E-state index contributed by atoms with van der Waals surface area (Å²) in [5.41, 5.74) is 4.30. The maximum Gasteiger partial charge on any atom is 0.323 e. The summed E-state index contributed by atoms with van der Waals surface area (Å²) in [6, 6.07) is 16.7. The van der Waals surface area contributed by atoms with E-state index in [0.717, 1.165) is 66.4 Å². The molecule has 0 spiro atoms. The molecular formula is C46H54ClN3O10S. The van der Waals surface area contributed by atoms with Crippen molar-refractivity contribution in [3.05, 3.63) is 94.3 Å². The Kier molecular flexibility index (Phi) is 13.9. The number of ether oxygens (including phenoxy) is 5. The van der Waals surface area contributed by atoms with Gasteiger partial charge in [-0.3, -0.25) is 19.5 Å². The van der Waals surface area contributed by atoms with E-state index in [4.69, 9.17) is 35.3 Å². The molecule has 0 amide bonds. The van der Waals surface area contributed by atoms with Crippen LogP contribution in [-0.4, -0.2) is 104 Å². The van der Waals surface area contributed by atoms with Crippen molar-refractivity contribution in [1.82, 2.24) is 14.8 Å². The summed E-state index contributed by atoms with van der Waals surface area (Å²) in [5, 5.41) is 11.2. The van der Waals surface area contributed by atoms with Gasteiger partial charge in [-0.1, -0.05) is 42.3 Å². The minimum Gasteiger partial charge on any atom is -0.488 e. The zero-order valence-electron chi connectivity index (χ0n) is 35.2. The number of nitrogens with zero attached hydrogens (tertiary/aromatic N) is 3. The van der Waals surface area contributed by atoms with Crippen molar-refractivity contribution in [1.29, 1.82) is 0 Å². The molecule has 2 saturated heterocycles. The van der Waals surface area contributed by atoms with Crippen LogP contribution in [0.3, 0.4) is 0 Å². The monoisotopic (exact) mass is 875 g/mol. The molecule has 15 heteroatoms. The third-order valence-corrected chi connectivity index (χ3v) is 13.1. The van der Waals surface area contributed by atoms with Gasteiger partial charge in [0.1, 0.15) is 49.2 Å². The number of benzene rings is 3. The van der Waals surface area contributed by atoms with Crippen LogP contribution in [0.4, 0.5) is 0 Å². The second-order valence-electron chi connectivity index (χ2n) is 16.5. The molecule has 3 atom stereocenters. The smallest absolute Gasteiger partial charge is 0.323 e. The molecule has 13 nitrogen and oxygen atoms in total. The average molecular weight is 876 g/mol. The van der Waals surface area contributed by atoms with Crippen molar-refractivity contribution in [3.8, 4) is 34.1 Å². The molecule has 0 radical (unpaired) electrons. The Morgan fingerprint density at radius 3 is 2.61 bits per heavy atom. The average Bonchev–Trinajstić information content (AvgIpc) is 3.61. The number of rotatable bonds is 16. The van der Waals surface area contributed by atoms with E-state index >= 15 is 0 Å². The molecule has 0 bridgehead atoms. The van der Waals surface area contributed by atoms with Gasteiger partial charge in [-0.25, -0.2) is 8.42 Å². The fraction of sp³-hybridized carbons (Fsp3) is 0.457. The SMILES string of the molecule is COC(=O)[C@@H]1CCCCN1Cc1cc(Cl)c(OCc2cccc(-c3ccc4c(c3)OC(CCN3CCC(O)(CC(C)=O)C3)CO4)c2C)cc1OCc1cncc(S(C)(=O)=O)c1. The van der Waals surface area contributed by atoms with E-state index in [1.165, 1.54) is 20.2 Å². The number of aliphatic hydroxyl groups is 1. The van der Waals surface area contributed by atoms with Crippen LogP contribution in [-0.2, 0) is 43.9 Å². The Bertz CT molecular complexity index is 2360. The molecule has 0 aliphatic carbocycles. The summed E-state index contributed by atoms with van der Waals surface area (Å²) < 4.78 is 54.9. The van der Waals surface area contributed by atoms with Gasteiger partial charge >= 0.3 is 5.97 Å². The number of pyridine rings is 1. The summed E-state index contributed by atoms with van der Waals surface area (Å²) in [6.07, 6.45) is 7.87. The van der Waals surface area contributed by atoms with Crippen LogP contribution in [0.5, 0.6) is 23.0 Å². The maximum atomic E-state index is 12.7. The fourth-order valence-electron chi connectivity index (χ4n) is 8.45. The van der Waals surface area contributed by atoms with Crippen LogP contribution in [0.25, 0.3) is 11.1 Å². The number of esters is 1. The summed E-state index contributed by atoms with van der Waals surface area (Å²) in [7, 11) is -2.08. The second kappa shape index (κ2) is 19.1. The fourth-order valence-corrected chi connectivity index (χ4v) is 9.31. The Labute approximate surface area is 362 Å². The largest absolute Gasteiger partial charge is 0.488 e. The van der Waals surface area contributed by atoms with Gasteiger partial charge in [-0.15, -0.1) is 0 Å². The van der Waals surface area contributed by atoms with Crippen LogP contribution in [0.15, 0.2) is 71.9 Å². The molecule has 2 unspecified atom stereocenters. The van der Waals surface area contributed by atoms with Gasteiger partial charge < -0.3 is 33.7 Å². The maximum absolute atomic E-state index is 12.7. The standard InChI is InChI=1S/C46H54ClN3O10S/c1-30(51)22-46(53)14-17-49(29-46)16-13-36-28-59-41-12-11-33(20-44(41)60-36)38-9-7-8-34(31(38)2)27-58-43-21-42(57-26-32-18-37(24-48-23-32)61(4,54)55)35(19-39(43)47)25-50-15-6-5-10-40(50)45(52)56-3/h7-9,11-12,18-21,23-24,36,40,53H,5-6,10,13-17,22,25-29H2,1-4H3/t36?,40-,46?/m0/s1. The summed E-state index contributed by atoms with van der Waals surface area (Å²) in [5.74, 6) is 1.95. The number of Topliss-reactive ketones (excluding diaryl/α,β-unsaturated/α-hetero) is 1. The number of halogens is 1. The highest BCUT2D eigenvalue weighted by molar-refractivity contribution is 7.90. The number of fused-ring (bicyclic) bond motifs is 1. The van der Waals surface area contributed by atoms with Crippen molar-refractivity contribution >= 4 is 33.2 Å². The minimum atomic E-state index is -3.47. The third kappa shape index (κ3) is 11.0. The Morgan fingerprint density at radius 2 is 1.82 bits per heavy atom. The van der Waals surface area contributed by atoms with Crippen LogP contribution in [0.2, 0.25) is 5.02 Å². The van der Waals surface area contributed by atoms with Gasteiger partial charge in [0, 0.05) is 74.9 Å². The second-order valence-corrected chi connectivity index (χ2v) is 18.9. The number of aromatic nitrogens is 1. The van der Waals surface area contributed by atoms with Gasteiger partial charge in [0.25, 0.3) is 0 Å². The first-order chi connectivity index (χ1) is 29.2. The van der Waals surface area contributed by atoms with E-state index in [2.05, 4.69) is 20.9 Å². The van der Waals surface area contributed by atoms with E-state index in [1.54, 1.807) is 24.4 Å². The van der Waals surface area contributed by atoms with E-state index < -0.39 is 21.5 Å². The van der Waals surface area contributed by atoms with E-state index in [0.29, 0.717) is 72.7 Å². The number of ketones is 1. The molecule has 61 heavy (non-hydrogen) atoms. The zero-order chi connectivity index (χ0) is 43.3. The first-order valence-electron chi connectivity index (χ1n) is 20.7. The predicted molar refractivity (Wildman–Crippen MR) is 230 cm³/mol. The quantitative estimate of drug-likeness (QED) is 0.118. The molecule has 4 heterocycles. The van der Waals surface area contributed by atoms with Crippen molar-refractivity contribution in [2.45, 2.75) is 94.8 Å².